The molecule has 18 heavy (non-hydrogen) atoms. The first kappa shape index (κ1) is 14.4. The highest BCUT2D eigenvalue weighted by Crippen LogP contribution is 2.09. The predicted molar refractivity (Wildman–Crippen MR) is 69.6 cm³/mol. The quantitative estimate of drug-likeness (QED) is 0.792. The van der Waals surface area contributed by atoms with E-state index >= 15 is 0 Å². The minimum atomic E-state index is -0.278. The number of nitrogens with one attached hydrogen (secondary N) is 2. The van der Waals surface area contributed by atoms with Crippen LogP contribution in [0.15, 0.2) is 12.1 Å². The first-order valence-electron chi connectivity index (χ1n) is 5.89. The molecule has 0 bridgehead atoms. The molecule has 0 saturated heterocycles. The number of hydrogen-bond acceptors (Lipinski definition) is 5. The second-order valence-electron chi connectivity index (χ2n) is 4.48. The summed E-state index contributed by atoms with van der Waals surface area (Å²) in [6.45, 7) is 6.97. The van der Waals surface area contributed by atoms with Crippen molar-refractivity contribution in [3.63, 3.8) is 0 Å². The largest absolute Gasteiger partial charge is 0.377 e. The molecule has 1 aromatic rings. The third-order valence-corrected chi connectivity index (χ3v) is 2.48. The van der Waals surface area contributed by atoms with Crippen LogP contribution in [0.25, 0.3) is 0 Å². The Kier molecular flexibility index (Phi) is 5.03. The van der Waals surface area contributed by atoms with E-state index in [1.165, 1.54) is 0 Å². The lowest BCUT2D eigenvalue weighted by molar-refractivity contribution is 0.0343. The van der Waals surface area contributed by atoms with Gasteiger partial charge in [0, 0.05) is 20.2 Å². The number of amides is 1. The molecule has 1 amide bonds. The minimum absolute atomic E-state index is 0.214. The Balaban J connectivity index is 2.58. The number of carbonyl (C=O) groups excluding carboxylic acids is 1. The fourth-order valence-corrected chi connectivity index (χ4v) is 1.17. The Morgan fingerprint density at radius 3 is 2.61 bits per heavy atom. The van der Waals surface area contributed by atoms with Crippen molar-refractivity contribution in [3.8, 4) is 0 Å². The summed E-state index contributed by atoms with van der Waals surface area (Å²) in [6.07, 6.45) is 0. The van der Waals surface area contributed by atoms with Crippen LogP contribution in [0.3, 0.4) is 0 Å². The maximum atomic E-state index is 11.5. The number of aromatic nitrogens is 2. The van der Waals surface area contributed by atoms with Crippen molar-refractivity contribution in [1.82, 2.24) is 15.5 Å². The van der Waals surface area contributed by atoms with Gasteiger partial charge in [-0.05, 0) is 32.9 Å². The number of hydrogen-bond donors (Lipinski definition) is 2. The second kappa shape index (κ2) is 6.30. The fourth-order valence-electron chi connectivity index (χ4n) is 1.17. The normalized spacial score (nSPS) is 11.1. The molecule has 0 aliphatic heterocycles. The highest BCUT2D eigenvalue weighted by atomic mass is 16.5. The van der Waals surface area contributed by atoms with Gasteiger partial charge in [-0.15, -0.1) is 10.2 Å². The van der Waals surface area contributed by atoms with E-state index in [4.69, 9.17) is 4.74 Å². The van der Waals surface area contributed by atoms with Crippen LogP contribution in [-0.2, 0) is 4.74 Å². The molecule has 0 fully saturated rings. The molecule has 0 saturated carbocycles. The van der Waals surface area contributed by atoms with E-state index in [2.05, 4.69) is 20.8 Å². The van der Waals surface area contributed by atoms with E-state index in [0.717, 1.165) is 0 Å². The maximum absolute atomic E-state index is 11.5. The summed E-state index contributed by atoms with van der Waals surface area (Å²) in [6, 6.07) is 3.36. The van der Waals surface area contributed by atoms with Crippen molar-refractivity contribution >= 4 is 11.7 Å². The van der Waals surface area contributed by atoms with Crippen molar-refractivity contribution in [2.45, 2.75) is 26.4 Å². The second-order valence-corrected chi connectivity index (χ2v) is 4.48. The zero-order chi connectivity index (χ0) is 13.6. The van der Waals surface area contributed by atoms with E-state index in [1.54, 1.807) is 19.2 Å². The third-order valence-electron chi connectivity index (χ3n) is 2.48. The van der Waals surface area contributed by atoms with Crippen LogP contribution in [-0.4, -0.2) is 41.9 Å². The van der Waals surface area contributed by atoms with Crippen LogP contribution in [0.5, 0.6) is 0 Å². The molecule has 0 atom stereocenters. The summed E-state index contributed by atoms with van der Waals surface area (Å²) in [5.74, 6) is 0.405. The Hall–Kier alpha value is -1.69. The van der Waals surface area contributed by atoms with Crippen molar-refractivity contribution in [2.75, 3.05) is 25.5 Å². The van der Waals surface area contributed by atoms with Gasteiger partial charge in [-0.3, -0.25) is 4.79 Å². The van der Waals surface area contributed by atoms with Gasteiger partial charge in [-0.2, -0.15) is 0 Å². The minimum Gasteiger partial charge on any atom is -0.377 e. The summed E-state index contributed by atoms with van der Waals surface area (Å²) in [4.78, 5) is 11.5. The van der Waals surface area contributed by atoms with Gasteiger partial charge in [0.05, 0.1) is 5.60 Å². The Morgan fingerprint density at radius 2 is 2.11 bits per heavy atom. The summed E-state index contributed by atoms with van der Waals surface area (Å²) >= 11 is 0. The van der Waals surface area contributed by atoms with Crippen LogP contribution < -0.4 is 10.6 Å². The molecule has 0 aliphatic rings. The molecule has 0 radical (unpaired) electrons. The van der Waals surface area contributed by atoms with E-state index in [0.29, 0.717) is 24.6 Å². The van der Waals surface area contributed by atoms with Gasteiger partial charge >= 0.3 is 0 Å². The molecule has 0 aliphatic carbocycles. The lowest BCUT2D eigenvalue weighted by atomic mass is 10.1. The van der Waals surface area contributed by atoms with Crippen LogP contribution >= 0.6 is 0 Å². The first-order chi connectivity index (χ1) is 8.48. The van der Waals surface area contributed by atoms with Gasteiger partial charge in [0.1, 0.15) is 5.82 Å². The molecule has 0 aromatic carbocycles. The van der Waals surface area contributed by atoms with E-state index in [9.17, 15) is 4.79 Å². The predicted octanol–water partition coefficient (Wildman–Crippen LogP) is 1.06. The summed E-state index contributed by atoms with van der Waals surface area (Å²) in [7, 11) is 1.66. The zero-order valence-electron chi connectivity index (χ0n) is 11.3. The summed E-state index contributed by atoms with van der Waals surface area (Å²) in [5, 5.41) is 13.6. The number of methoxy groups -OCH3 is 1. The highest BCUT2D eigenvalue weighted by Gasteiger charge is 2.16. The molecule has 1 rings (SSSR count). The number of carbonyl (C=O) groups is 1. The maximum Gasteiger partial charge on any atom is 0.271 e. The Labute approximate surface area is 107 Å². The van der Waals surface area contributed by atoms with E-state index < -0.39 is 0 Å². The van der Waals surface area contributed by atoms with Crippen molar-refractivity contribution < 1.29 is 9.53 Å². The van der Waals surface area contributed by atoms with Crippen molar-refractivity contribution in [3.05, 3.63) is 17.8 Å². The Bertz CT molecular complexity index is 390. The van der Waals surface area contributed by atoms with E-state index in [-0.39, 0.29) is 11.5 Å². The smallest absolute Gasteiger partial charge is 0.271 e. The molecular weight excluding hydrogens is 232 g/mol. The van der Waals surface area contributed by atoms with E-state index in [1.807, 2.05) is 20.8 Å². The molecule has 6 heteroatoms. The number of rotatable bonds is 6. The van der Waals surface area contributed by atoms with Gasteiger partial charge < -0.3 is 15.4 Å². The summed E-state index contributed by atoms with van der Waals surface area (Å²) in [5.41, 5.74) is 0.0355. The molecule has 1 aromatic heterocycles. The molecule has 6 nitrogen and oxygen atoms in total. The van der Waals surface area contributed by atoms with Gasteiger partial charge in [-0.25, -0.2) is 0 Å². The first-order valence-corrected chi connectivity index (χ1v) is 5.89. The lowest BCUT2D eigenvalue weighted by Gasteiger charge is -2.23. The van der Waals surface area contributed by atoms with Crippen molar-refractivity contribution in [2.24, 2.45) is 0 Å². The lowest BCUT2D eigenvalue weighted by Crippen LogP contribution is -2.32. The molecule has 1 heterocycles. The zero-order valence-corrected chi connectivity index (χ0v) is 11.3. The number of nitrogens with zero attached hydrogens (tertiary/aromatic N) is 2. The number of ether oxygens (including phenoxy) is 1. The van der Waals surface area contributed by atoms with Crippen LogP contribution in [0.4, 0.5) is 5.82 Å². The van der Waals surface area contributed by atoms with Gasteiger partial charge in [-0.1, -0.05) is 0 Å². The molecule has 0 spiro atoms. The van der Waals surface area contributed by atoms with Crippen LogP contribution in [0.1, 0.15) is 31.3 Å². The Morgan fingerprint density at radius 1 is 1.39 bits per heavy atom. The average Bonchev–Trinajstić information content (AvgIpc) is 2.37. The monoisotopic (exact) mass is 252 g/mol. The third kappa shape index (κ3) is 4.29. The molecule has 2 N–H and O–H groups in total. The van der Waals surface area contributed by atoms with Gasteiger partial charge in [0.15, 0.2) is 5.69 Å². The van der Waals surface area contributed by atoms with Gasteiger partial charge in [0.25, 0.3) is 5.91 Å². The van der Waals surface area contributed by atoms with Gasteiger partial charge in [0.2, 0.25) is 0 Å². The fraction of sp³-hybridized carbons (Fsp3) is 0.583. The highest BCUT2D eigenvalue weighted by molar-refractivity contribution is 5.92. The van der Waals surface area contributed by atoms with Crippen molar-refractivity contribution in [1.29, 1.82) is 0 Å². The number of anilines is 1. The van der Waals surface area contributed by atoms with Crippen LogP contribution in [0.2, 0.25) is 0 Å². The molecule has 0 unspecified atom stereocenters. The standard InChI is InChI=1S/C12H20N4O2/c1-5-13-11(17)9-6-7-10(16-15-9)14-8-12(2,3)18-4/h6-7H,5,8H2,1-4H3,(H,13,17)(H,14,16). The molecule has 100 valence electrons. The topological polar surface area (TPSA) is 76.1 Å². The van der Waals surface area contributed by atoms with Crippen LogP contribution in [0, 0.1) is 0 Å². The summed E-state index contributed by atoms with van der Waals surface area (Å²) < 4.78 is 5.28. The molecular formula is C12H20N4O2. The average molecular weight is 252 g/mol. The SMILES string of the molecule is CCNC(=O)c1ccc(NCC(C)(C)OC)nn1.